The maximum atomic E-state index is 10.4. The maximum Gasteiger partial charge on any atom is 0.114 e. The molecule has 0 unspecified atom stereocenters. The number of ether oxygens (including phenoxy) is 1. The van der Waals surface area contributed by atoms with E-state index in [-0.39, 0.29) is 23.4 Å². The van der Waals surface area contributed by atoms with Crippen molar-refractivity contribution in [2.24, 2.45) is 16.7 Å². The molecule has 0 radical (unpaired) electrons. The summed E-state index contributed by atoms with van der Waals surface area (Å²) >= 11 is 0. The summed E-state index contributed by atoms with van der Waals surface area (Å²) in [5, 5.41) is 19.6. The Bertz CT molecular complexity index is 444. The van der Waals surface area contributed by atoms with Gasteiger partial charge in [-0.2, -0.15) is 5.26 Å². The first-order valence-electron chi connectivity index (χ1n) is 7.20. The van der Waals surface area contributed by atoms with Crippen LogP contribution in [0.25, 0.3) is 0 Å². The minimum atomic E-state index is -0.481. The number of aliphatic hydroxyl groups excluding tert-OH is 1. The van der Waals surface area contributed by atoms with Crippen molar-refractivity contribution in [2.75, 3.05) is 0 Å². The zero-order valence-corrected chi connectivity index (χ0v) is 12.7. The Morgan fingerprint density at radius 2 is 2.00 bits per heavy atom. The van der Waals surface area contributed by atoms with Gasteiger partial charge >= 0.3 is 0 Å². The molecule has 19 heavy (non-hydrogen) atoms. The molecule has 0 bridgehead atoms. The van der Waals surface area contributed by atoms with Gasteiger partial charge in [-0.1, -0.05) is 34.6 Å². The van der Waals surface area contributed by atoms with Gasteiger partial charge in [-0.25, -0.2) is 0 Å². The number of fused-ring (bicyclic) bond motifs is 1. The molecule has 3 atom stereocenters. The summed E-state index contributed by atoms with van der Waals surface area (Å²) in [6.07, 6.45) is 2.98. The van der Waals surface area contributed by atoms with Crippen LogP contribution < -0.4 is 0 Å². The number of hydrogen-bond acceptors (Lipinski definition) is 3. The quantitative estimate of drug-likeness (QED) is 0.779. The van der Waals surface area contributed by atoms with E-state index < -0.39 is 5.41 Å². The molecule has 106 valence electrons. The first-order valence-corrected chi connectivity index (χ1v) is 7.20. The van der Waals surface area contributed by atoms with Gasteiger partial charge in [-0.05, 0) is 30.6 Å². The summed E-state index contributed by atoms with van der Waals surface area (Å²) < 4.78 is 6.33. The number of rotatable bonds is 1. The van der Waals surface area contributed by atoms with Gasteiger partial charge in [0.1, 0.15) is 5.76 Å². The molecule has 0 saturated carbocycles. The fourth-order valence-corrected chi connectivity index (χ4v) is 3.82. The zero-order valence-electron chi connectivity index (χ0n) is 12.7. The first kappa shape index (κ1) is 14.4. The first-order chi connectivity index (χ1) is 8.72. The van der Waals surface area contributed by atoms with Crippen LogP contribution in [0.5, 0.6) is 0 Å². The molecule has 3 nitrogen and oxygen atoms in total. The number of allylic oxidation sites excluding steroid dienone is 1. The van der Waals surface area contributed by atoms with Crippen molar-refractivity contribution in [1.29, 1.82) is 5.26 Å². The Morgan fingerprint density at radius 1 is 1.37 bits per heavy atom. The van der Waals surface area contributed by atoms with Crippen LogP contribution in [0.2, 0.25) is 0 Å². The predicted octanol–water partition coefficient (Wildman–Crippen LogP) is 3.96. The summed E-state index contributed by atoms with van der Waals surface area (Å²) in [6.45, 7) is 10.5. The molecule has 3 heteroatoms. The van der Waals surface area contributed by atoms with Crippen LogP contribution in [0, 0.1) is 28.1 Å². The molecular weight excluding hydrogens is 238 g/mol. The maximum absolute atomic E-state index is 10.4. The van der Waals surface area contributed by atoms with Crippen LogP contribution in [0.4, 0.5) is 0 Å². The van der Waals surface area contributed by atoms with E-state index in [0.29, 0.717) is 17.9 Å². The molecule has 1 heterocycles. The Labute approximate surface area is 116 Å². The van der Waals surface area contributed by atoms with E-state index in [2.05, 4.69) is 26.8 Å². The summed E-state index contributed by atoms with van der Waals surface area (Å²) in [5.41, 5.74) is 0.0213. The van der Waals surface area contributed by atoms with Crippen molar-refractivity contribution >= 4 is 0 Å². The molecule has 1 fully saturated rings. The molecule has 0 aromatic carbocycles. The Kier molecular flexibility index (Phi) is 3.43. The van der Waals surface area contributed by atoms with Crippen LogP contribution in [-0.2, 0) is 4.74 Å². The predicted molar refractivity (Wildman–Crippen MR) is 74.5 cm³/mol. The number of nitrogens with zero attached hydrogens (tertiary/aromatic N) is 1. The molecular formula is C16H25NO2. The average molecular weight is 263 g/mol. The van der Waals surface area contributed by atoms with Crippen LogP contribution >= 0.6 is 0 Å². The van der Waals surface area contributed by atoms with Gasteiger partial charge in [0.2, 0.25) is 0 Å². The number of aliphatic hydroxyl groups is 1. The lowest BCUT2D eigenvalue weighted by Gasteiger charge is -2.54. The molecule has 0 aromatic heterocycles. The number of nitriles is 1. The van der Waals surface area contributed by atoms with E-state index in [1.165, 1.54) is 0 Å². The van der Waals surface area contributed by atoms with Gasteiger partial charge in [0, 0.05) is 5.41 Å². The summed E-state index contributed by atoms with van der Waals surface area (Å²) in [4.78, 5) is 0. The average Bonchev–Trinajstić information content (AvgIpc) is 2.33. The number of hydrogen-bond donors (Lipinski definition) is 1. The minimum Gasteiger partial charge on any atom is -0.511 e. The fraction of sp³-hybridized carbons (Fsp3) is 0.812. The highest BCUT2D eigenvalue weighted by molar-refractivity contribution is 5.34. The Hall–Kier alpha value is -1.01. The lowest BCUT2D eigenvalue weighted by molar-refractivity contribution is -0.186. The van der Waals surface area contributed by atoms with Gasteiger partial charge < -0.3 is 9.84 Å². The Morgan fingerprint density at radius 3 is 2.53 bits per heavy atom. The van der Waals surface area contributed by atoms with E-state index in [0.717, 1.165) is 12.8 Å². The van der Waals surface area contributed by atoms with Crippen molar-refractivity contribution < 1.29 is 9.84 Å². The van der Waals surface area contributed by atoms with E-state index in [1.807, 2.05) is 13.8 Å². The van der Waals surface area contributed by atoms with E-state index in [9.17, 15) is 10.4 Å². The van der Waals surface area contributed by atoms with E-state index in [1.54, 1.807) is 0 Å². The molecule has 1 aliphatic carbocycles. The molecule has 0 aromatic rings. The van der Waals surface area contributed by atoms with Crippen LogP contribution in [0.3, 0.4) is 0 Å². The van der Waals surface area contributed by atoms with Crippen LogP contribution in [0.1, 0.15) is 53.9 Å². The third kappa shape index (κ3) is 2.17. The normalized spacial score (nSPS) is 37.9. The minimum absolute atomic E-state index is 0.0155. The molecule has 1 N–H and O–H groups in total. The van der Waals surface area contributed by atoms with Crippen molar-refractivity contribution in [2.45, 2.75) is 66.1 Å². The van der Waals surface area contributed by atoms with Gasteiger partial charge in [-0.3, -0.25) is 0 Å². The summed E-state index contributed by atoms with van der Waals surface area (Å²) in [5.74, 6) is 0.714. The lowest BCUT2D eigenvalue weighted by atomic mass is 9.59. The second-order valence-electron chi connectivity index (χ2n) is 7.33. The molecule has 0 spiro atoms. The van der Waals surface area contributed by atoms with E-state index >= 15 is 0 Å². The second-order valence-corrected chi connectivity index (χ2v) is 7.33. The molecule has 1 aliphatic heterocycles. The largest absolute Gasteiger partial charge is 0.511 e. The zero-order chi connectivity index (χ0) is 14.4. The van der Waals surface area contributed by atoms with Crippen molar-refractivity contribution in [1.82, 2.24) is 0 Å². The molecule has 0 amide bonds. The highest BCUT2D eigenvalue weighted by Crippen LogP contribution is 2.55. The monoisotopic (exact) mass is 263 g/mol. The lowest BCUT2D eigenvalue weighted by Crippen LogP contribution is -2.54. The van der Waals surface area contributed by atoms with Crippen molar-refractivity contribution in [3.8, 4) is 6.07 Å². The molecule has 1 saturated heterocycles. The second kappa shape index (κ2) is 4.52. The van der Waals surface area contributed by atoms with Gasteiger partial charge in [0.05, 0.1) is 23.9 Å². The highest BCUT2D eigenvalue weighted by atomic mass is 16.5. The van der Waals surface area contributed by atoms with Crippen LogP contribution in [0.15, 0.2) is 11.3 Å². The third-order valence-corrected chi connectivity index (χ3v) is 4.95. The van der Waals surface area contributed by atoms with Crippen LogP contribution in [-0.4, -0.2) is 17.3 Å². The fourth-order valence-electron chi connectivity index (χ4n) is 3.82. The van der Waals surface area contributed by atoms with Crippen molar-refractivity contribution in [3.05, 3.63) is 11.3 Å². The summed E-state index contributed by atoms with van der Waals surface area (Å²) in [7, 11) is 0. The van der Waals surface area contributed by atoms with Crippen molar-refractivity contribution in [3.63, 3.8) is 0 Å². The third-order valence-electron chi connectivity index (χ3n) is 4.95. The van der Waals surface area contributed by atoms with Gasteiger partial charge in [0.15, 0.2) is 0 Å². The SMILES string of the molecule is CC(C)[C@@H]1CC[C@@]2(C)CC(C#N)=C(O)C(C)(C)[C@@H]2O1. The Balaban J connectivity index is 2.40. The summed E-state index contributed by atoms with van der Waals surface area (Å²) in [6, 6.07) is 2.18. The standard InChI is InChI=1S/C16H25NO2/c1-10(2)12-6-7-16(5)8-11(9-17)13(18)15(3,4)14(16)19-12/h10,12,14,18H,6-8H2,1-5H3/t12-,14-,16-/m0/s1. The van der Waals surface area contributed by atoms with Gasteiger partial charge in [-0.15, -0.1) is 0 Å². The van der Waals surface area contributed by atoms with E-state index in [4.69, 9.17) is 4.74 Å². The topological polar surface area (TPSA) is 53.2 Å². The highest BCUT2D eigenvalue weighted by Gasteiger charge is 2.54. The smallest absolute Gasteiger partial charge is 0.114 e. The van der Waals surface area contributed by atoms with Gasteiger partial charge in [0.25, 0.3) is 0 Å². The molecule has 2 rings (SSSR count). The molecule has 2 aliphatic rings.